The predicted molar refractivity (Wildman–Crippen MR) is 99.0 cm³/mol. The van der Waals surface area contributed by atoms with E-state index in [1.807, 2.05) is 36.4 Å². The summed E-state index contributed by atoms with van der Waals surface area (Å²) < 4.78 is 11.6. The van der Waals surface area contributed by atoms with E-state index in [0.29, 0.717) is 0 Å². The van der Waals surface area contributed by atoms with Crippen LogP contribution < -0.4 is 14.8 Å². The van der Waals surface area contributed by atoms with Crippen molar-refractivity contribution in [1.29, 1.82) is 0 Å². The minimum absolute atomic E-state index is 0.737. The molecule has 0 spiro atoms. The molecule has 0 aliphatic heterocycles. The lowest BCUT2D eigenvalue weighted by atomic mass is 10.1. The number of fused-ring (bicyclic) bond motifs is 1. The minimum atomic E-state index is 0.737. The van der Waals surface area contributed by atoms with Gasteiger partial charge in [-0.2, -0.15) is 0 Å². The van der Waals surface area contributed by atoms with Gasteiger partial charge in [-0.15, -0.1) is 0 Å². The Bertz CT molecular complexity index is 855. The number of nitrogens with zero attached hydrogens (tertiary/aromatic N) is 2. The minimum Gasteiger partial charge on any atom is -0.493 e. The molecule has 5 nitrogen and oxygen atoms in total. The van der Waals surface area contributed by atoms with Crippen LogP contribution in [0.3, 0.4) is 0 Å². The van der Waals surface area contributed by atoms with Gasteiger partial charge in [-0.25, -0.2) is 9.97 Å². The number of rotatable bonds is 6. The normalized spacial score (nSPS) is 10.6. The molecule has 0 fully saturated rings. The summed E-state index contributed by atoms with van der Waals surface area (Å²) in [6, 6.07) is 11.9. The molecule has 0 atom stereocenters. The average molecular weight is 388 g/mol. The lowest BCUT2D eigenvalue weighted by molar-refractivity contribution is 0.354. The SMILES string of the molecule is COc1ccc(CCNc2ncnc3ccc(Br)cc23)cc1OC. The summed E-state index contributed by atoms with van der Waals surface area (Å²) in [4.78, 5) is 8.64. The molecule has 1 aromatic heterocycles. The van der Waals surface area contributed by atoms with Crippen molar-refractivity contribution in [2.75, 3.05) is 26.1 Å². The molecule has 0 bridgehead atoms. The van der Waals surface area contributed by atoms with Gasteiger partial charge in [0, 0.05) is 16.4 Å². The van der Waals surface area contributed by atoms with Crippen LogP contribution in [0.4, 0.5) is 5.82 Å². The third-order valence-corrected chi connectivity index (χ3v) is 4.24. The number of hydrogen-bond donors (Lipinski definition) is 1. The molecule has 124 valence electrons. The number of anilines is 1. The highest BCUT2D eigenvalue weighted by Crippen LogP contribution is 2.28. The zero-order valence-electron chi connectivity index (χ0n) is 13.5. The maximum Gasteiger partial charge on any atom is 0.160 e. The highest BCUT2D eigenvalue weighted by molar-refractivity contribution is 9.10. The topological polar surface area (TPSA) is 56.3 Å². The first-order chi connectivity index (χ1) is 11.7. The van der Waals surface area contributed by atoms with Crippen LogP contribution in [0.2, 0.25) is 0 Å². The van der Waals surface area contributed by atoms with Crippen LogP contribution in [0.1, 0.15) is 5.56 Å². The van der Waals surface area contributed by atoms with Gasteiger partial charge >= 0.3 is 0 Å². The molecule has 0 saturated heterocycles. The zero-order chi connectivity index (χ0) is 16.9. The van der Waals surface area contributed by atoms with Crippen molar-refractivity contribution >= 4 is 32.7 Å². The molecule has 3 aromatic rings. The molecule has 1 N–H and O–H groups in total. The molecule has 0 aliphatic rings. The van der Waals surface area contributed by atoms with Gasteiger partial charge in [0.25, 0.3) is 0 Å². The molecule has 0 radical (unpaired) electrons. The summed E-state index contributed by atoms with van der Waals surface area (Å²) in [7, 11) is 3.28. The Balaban J connectivity index is 1.72. The summed E-state index contributed by atoms with van der Waals surface area (Å²) in [5, 5.41) is 4.38. The fourth-order valence-corrected chi connectivity index (χ4v) is 2.89. The van der Waals surface area contributed by atoms with Gasteiger partial charge in [-0.3, -0.25) is 0 Å². The number of nitrogens with one attached hydrogen (secondary N) is 1. The molecule has 3 rings (SSSR count). The summed E-state index contributed by atoms with van der Waals surface area (Å²) >= 11 is 3.49. The van der Waals surface area contributed by atoms with Crippen LogP contribution in [0.5, 0.6) is 11.5 Å². The predicted octanol–water partition coefficient (Wildman–Crippen LogP) is 4.06. The molecule has 0 amide bonds. The second kappa shape index (κ2) is 7.49. The molecule has 2 aromatic carbocycles. The number of hydrogen-bond acceptors (Lipinski definition) is 5. The second-order valence-corrected chi connectivity index (χ2v) is 6.17. The average Bonchev–Trinajstić information content (AvgIpc) is 2.62. The van der Waals surface area contributed by atoms with Crippen molar-refractivity contribution in [3.05, 3.63) is 52.8 Å². The largest absolute Gasteiger partial charge is 0.493 e. The Morgan fingerprint density at radius 2 is 1.83 bits per heavy atom. The van der Waals surface area contributed by atoms with Crippen molar-refractivity contribution in [3.8, 4) is 11.5 Å². The van der Waals surface area contributed by atoms with Crippen molar-refractivity contribution in [2.45, 2.75) is 6.42 Å². The maximum atomic E-state index is 5.34. The van der Waals surface area contributed by atoms with E-state index < -0.39 is 0 Å². The van der Waals surface area contributed by atoms with Gasteiger partial charge in [0.15, 0.2) is 11.5 Å². The standard InChI is InChI=1S/C18H18BrN3O2/c1-23-16-6-3-12(9-17(16)24-2)7-8-20-18-14-10-13(19)4-5-15(14)21-11-22-18/h3-6,9-11H,7-8H2,1-2H3,(H,20,21,22). The fourth-order valence-electron chi connectivity index (χ4n) is 2.53. The molecule has 0 unspecified atom stereocenters. The molecule has 24 heavy (non-hydrogen) atoms. The van der Waals surface area contributed by atoms with Gasteiger partial charge in [0.1, 0.15) is 12.1 Å². The first-order valence-corrected chi connectivity index (χ1v) is 8.35. The van der Waals surface area contributed by atoms with E-state index in [1.165, 1.54) is 5.56 Å². The van der Waals surface area contributed by atoms with Gasteiger partial charge in [0.05, 0.1) is 19.7 Å². The molecule has 1 heterocycles. The lowest BCUT2D eigenvalue weighted by Gasteiger charge is -2.11. The Morgan fingerprint density at radius 1 is 1.00 bits per heavy atom. The summed E-state index contributed by atoms with van der Waals surface area (Å²) in [5.74, 6) is 2.31. The van der Waals surface area contributed by atoms with Gasteiger partial charge in [-0.05, 0) is 42.3 Å². The Labute approximate surface area is 149 Å². The fraction of sp³-hybridized carbons (Fsp3) is 0.222. The summed E-state index contributed by atoms with van der Waals surface area (Å²) in [6.45, 7) is 0.758. The molecular formula is C18H18BrN3O2. The van der Waals surface area contributed by atoms with Crippen molar-refractivity contribution in [3.63, 3.8) is 0 Å². The van der Waals surface area contributed by atoms with Crippen LogP contribution in [0.15, 0.2) is 47.2 Å². The second-order valence-electron chi connectivity index (χ2n) is 5.25. The van der Waals surface area contributed by atoms with E-state index in [1.54, 1.807) is 20.5 Å². The highest BCUT2D eigenvalue weighted by Gasteiger charge is 2.06. The molecular weight excluding hydrogens is 370 g/mol. The monoisotopic (exact) mass is 387 g/mol. The summed E-state index contributed by atoms with van der Waals surface area (Å²) in [6.07, 6.45) is 2.43. The van der Waals surface area contributed by atoms with Crippen LogP contribution in [-0.4, -0.2) is 30.7 Å². The van der Waals surface area contributed by atoms with Crippen molar-refractivity contribution in [1.82, 2.24) is 9.97 Å². The molecule has 6 heteroatoms. The van der Waals surface area contributed by atoms with E-state index in [-0.39, 0.29) is 0 Å². The quantitative estimate of drug-likeness (QED) is 0.690. The van der Waals surface area contributed by atoms with Crippen LogP contribution >= 0.6 is 15.9 Å². The van der Waals surface area contributed by atoms with Crippen LogP contribution in [0, 0.1) is 0 Å². The van der Waals surface area contributed by atoms with E-state index in [4.69, 9.17) is 9.47 Å². The number of benzene rings is 2. The van der Waals surface area contributed by atoms with E-state index >= 15 is 0 Å². The molecule has 0 aliphatic carbocycles. The van der Waals surface area contributed by atoms with E-state index in [2.05, 4.69) is 31.2 Å². The van der Waals surface area contributed by atoms with Crippen molar-refractivity contribution in [2.24, 2.45) is 0 Å². The number of halogens is 1. The van der Waals surface area contributed by atoms with Crippen LogP contribution in [0.25, 0.3) is 10.9 Å². The first kappa shape index (κ1) is 16.5. The van der Waals surface area contributed by atoms with Crippen LogP contribution in [-0.2, 0) is 6.42 Å². The Morgan fingerprint density at radius 3 is 2.62 bits per heavy atom. The zero-order valence-corrected chi connectivity index (χ0v) is 15.1. The smallest absolute Gasteiger partial charge is 0.160 e. The third kappa shape index (κ3) is 3.59. The maximum absolute atomic E-state index is 5.34. The van der Waals surface area contributed by atoms with Gasteiger partial charge < -0.3 is 14.8 Å². The number of aromatic nitrogens is 2. The number of ether oxygens (including phenoxy) is 2. The van der Waals surface area contributed by atoms with E-state index in [0.717, 1.165) is 45.7 Å². The van der Waals surface area contributed by atoms with Gasteiger partial charge in [0.2, 0.25) is 0 Å². The lowest BCUT2D eigenvalue weighted by Crippen LogP contribution is -2.07. The Hall–Kier alpha value is -2.34. The first-order valence-electron chi connectivity index (χ1n) is 7.56. The third-order valence-electron chi connectivity index (χ3n) is 3.75. The molecule has 0 saturated carbocycles. The van der Waals surface area contributed by atoms with Gasteiger partial charge in [-0.1, -0.05) is 22.0 Å². The van der Waals surface area contributed by atoms with E-state index in [9.17, 15) is 0 Å². The highest BCUT2D eigenvalue weighted by atomic mass is 79.9. The number of methoxy groups -OCH3 is 2. The van der Waals surface area contributed by atoms with Crippen molar-refractivity contribution < 1.29 is 9.47 Å². The Kier molecular flexibility index (Phi) is 5.15. The summed E-state index contributed by atoms with van der Waals surface area (Å²) in [5.41, 5.74) is 2.08.